The van der Waals surface area contributed by atoms with Crippen LogP contribution in [0, 0.1) is 13.8 Å². The lowest BCUT2D eigenvalue weighted by molar-refractivity contribution is 0.417. The van der Waals surface area contributed by atoms with Gasteiger partial charge in [-0.15, -0.1) is 0 Å². The second-order valence-corrected chi connectivity index (χ2v) is 7.05. The van der Waals surface area contributed by atoms with E-state index in [-0.39, 0.29) is 0 Å². The van der Waals surface area contributed by atoms with Crippen molar-refractivity contribution in [1.82, 2.24) is 9.78 Å². The predicted molar refractivity (Wildman–Crippen MR) is 115 cm³/mol. The van der Waals surface area contributed by atoms with E-state index >= 15 is 0 Å². The number of methoxy groups -OCH3 is 1. The van der Waals surface area contributed by atoms with Crippen molar-refractivity contribution in [2.75, 3.05) is 17.7 Å². The monoisotopic (exact) mass is 400 g/mol. The van der Waals surface area contributed by atoms with E-state index in [2.05, 4.69) is 40.9 Å². The van der Waals surface area contributed by atoms with Gasteiger partial charge < -0.3 is 15.4 Å². The number of hydrogen-bond donors (Lipinski definition) is 2. The Morgan fingerprint density at radius 2 is 1.96 bits per heavy atom. The van der Waals surface area contributed by atoms with Crippen molar-refractivity contribution in [3.05, 3.63) is 70.5 Å². The number of nitrogens with one attached hydrogen (secondary N) is 2. The van der Waals surface area contributed by atoms with Gasteiger partial charge in [-0.1, -0.05) is 23.7 Å². The number of aryl methyl sites for hydroxylation is 2. The zero-order valence-electron chi connectivity index (χ0n) is 15.4. The van der Waals surface area contributed by atoms with Gasteiger partial charge in [0.05, 0.1) is 25.0 Å². The number of aromatic nitrogens is 2. The molecule has 27 heavy (non-hydrogen) atoms. The van der Waals surface area contributed by atoms with Crippen LogP contribution in [0.5, 0.6) is 5.75 Å². The number of thiocarbonyl (C=S) groups is 1. The van der Waals surface area contributed by atoms with Gasteiger partial charge in [0, 0.05) is 16.4 Å². The fourth-order valence-electron chi connectivity index (χ4n) is 2.82. The first-order valence-corrected chi connectivity index (χ1v) is 9.25. The van der Waals surface area contributed by atoms with Crippen LogP contribution in [0.25, 0.3) is 0 Å². The van der Waals surface area contributed by atoms with Crippen LogP contribution in [0.15, 0.2) is 48.5 Å². The van der Waals surface area contributed by atoms with E-state index in [0.717, 1.165) is 22.6 Å². The molecule has 0 saturated carbocycles. The number of anilines is 2. The van der Waals surface area contributed by atoms with Crippen LogP contribution >= 0.6 is 23.8 Å². The van der Waals surface area contributed by atoms with Crippen molar-refractivity contribution in [2.24, 2.45) is 0 Å². The maximum Gasteiger partial charge on any atom is 0.175 e. The fourth-order valence-corrected chi connectivity index (χ4v) is 3.22. The third-order valence-electron chi connectivity index (χ3n) is 4.03. The Labute approximate surface area is 169 Å². The molecule has 2 N–H and O–H groups in total. The van der Waals surface area contributed by atoms with E-state index in [0.29, 0.717) is 28.1 Å². The lowest BCUT2D eigenvalue weighted by atomic mass is 10.2. The minimum absolute atomic E-state index is 0.457. The van der Waals surface area contributed by atoms with Crippen molar-refractivity contribution in [2.45, 2.75) is 20.4 Å². The maximum absolute atomic E-state index is 6.06. The fraction of sp³-hybridized carbons (Fsp3) is 0.200. The molecule has 1 heterocycles. The first kappa shape index (κ1) is 19.2. The lowest BCUT2D eigenvalue weighted by Gasteiger charge is -2.14. The highest BCUT2D eigenvalue weighted by atomic mass is 35.5. The summed E-state index contributed by atoms with van der Waals surface area (Å²) in [5, 5.41) is 11.9. The van der Waals surface area contributed by atoms with Crippen LogP contribution in [0.1, 0.15) is 17.0 Å². The second-order valence-electron chi connectivity index (χ2n) is 6.21. The molecule has 0 aliphatic carbocycles. The summed E-state index contributed by atoms with van der Waals surface area (Å²) in [4.78, 5) is 0. The Balaban J connectivity index is 1.70. The predicted octanol–water partition coefficient (Wildman–Crippen LogP) is 5.02. The number of benzene rings is 2. The Hall–Kier alpha value is -2.57. The van der Waals surface area contributed by atoms with Gasteiger partial charge in [0.2, 0.25) is 0 Å². The Morgan fingerprint density at radius 1 is 1.15 bits per heavy atom. The van der Waals surface area contributed by atoms with Gasteiger partial charge in [-0.2, -0.15) is 5.10 Å². The average Bonchev–Trinajstić information content (AvgIpc) is 2.92. The molecule has 2 aromatic carbocycles. The van der Waals surface area contributed by atoms with Crippen molar-refractivity contribution >= 4 is 40.3 Å². The van der Waals surface area contributed by atoms with Crippen molar-refractivity contribution in [3.63, 3.8) is 0 Å². The summed E-state index contributed by atoms with van der Waals surface area (Å²) in [6, 6.07) is 15.5. The molecule has 0 amide bonds. The molecule has 0 unspecified atom stereocenters. The smallest absolute Gasteiger partial charge is 0.175 e. The molecule has 140 valence electrons. The van der Waals surface area contributed by atoms with E-state index in [1.807, 2.05) is 23.7 Å². The molecular formula is C20H21ClN4OS. The number of rotatable bonds is 5. The summed E-state index contributed by atoms with van der Waals surface area (Å²) in [5.74, 6) is 0.668. The highest BCUT2D eigenvalue weighted by Crippen LogP contribution is 2.27. The molecule has 0 saturated heterocycles. The van der Waals surface area contributed by atoms with Gasteiger partial charge in [-0.3, -0.25) is 4.68 Å². The van der Waals surface area contributed by atoms with Gasteiger partial charge in [0.1, 0.15) is 5.75 Å². The van der Waals surface area contributed by atoms with Crippen LogP contribution in [-0.4, -0.2) is 22.0 Å². The molecule has 0 fully saturated rings. The molecule has 0 spiro atoms. The minimum atomic E-state index is 0.457. The summed E-state index contributed by atoms with van der Waals surface area (Å²) >= 11 is 11.5. The molecule has 3 rings (SSSR count). The summed E-state index contributed by atoms with van der Waals surface area (Å²) in [6.45, 7) is 4.76. The molecule has 5 nitrogen and oxygen atoms in total. The zero-order valence-corrected chi connectivity index (χ0v) is 17.0. The molecule has 7 heteroatoms. The van der Waals surface area contributed by atoms with Crippen molar-refractivity contribution < 1.29 is 4.74 Å². The van der Waals surface area contributed by atoms with Crippen LogP contribution in [-0.2, 0) is 6.54 Å². The number of nitrogens with zero attached hydrogens (tertiary/aromatic N) is 2. The molecule has 0 aliphatic rings. The van der Waals surface area contributed by atoms with Crippen molar-refractivity contribution in [3.8, 4) is 5.75 Å². The average molecular weight is 401 g/mol. The summed E-state index contributed by atoms with van der Waals surface area (Å²) in [7, 11) is 1.60. The highest BCUT2D eigenvalue weighted by Gasteiger charge is 2.07. The van der Waals surface area contributed by atoms with Crippen LogP contribution in [0.4, 0.5) is 11.4 Å². The van der Waals surface area contributed by atoms with E-state index in [1.165, 1.54) is 0 Å². The van der Waals surface area contributed by atoms with Crippen LogP contribution < -0.4 is 15.4 Å². The Morgan fingerprint density at radius 3 is 2.67 bits per heavy atom. The van der Waals surface area contributed by atoms with Crippen molar-refractivity contribution in [1.29, 1.82) is 0 Å². The highest BCUT2D eigenvalue weighted by molar-refractivity contribution is 7.80. The molecule has 0 aliphatic heterocycles. The zero-order chi connectivity index (χ0) is 19.4. The van der Waals surface area contributed by atoms with Gasteiger partial charge >= 0.3 is 0 Å². The SMILES string of the molecule is COc1ccc(Cl)cc1NC(=S)Nc1cccc(Cn2nc(C)cc2C)c1. The minimum Gasteiger partial charge on any atom is -0.495 e. The third-order valence-corrected chi connectivity index (χ3v) is 4.47. The number of halogens is 1. The molecule has 1 aromatic heterocycles. The van der Waals surface area contributed by atoms with Gasteiger partial charge in [-0.25, -0.2) is 0 Å². The first-order valence-electron chi connectivity index (χ1n) is 8.46. The van der Waals surface area contributed by atoms with Crippen LogP contribution in [0.2, 0.25) is 5.02 Å². The van der Waals surface area contributed by atoms with Crippen LogP contribution in [0.3, 0.4) is 0 Å². The van der Waals surface area contributed by atoms with Gasteiger partial charge in [-0.05, 0) is 68.0 Å². The number of ether oxygens (including phenoxy) is 1. The molecule has 0 radical (unpaired) electrons. The van der Waals surface area contributed by atoms with E-state index in [1.54, 1.807) is 25.3 Å². The largest absolute Gasteiger partial charge is 0.495 e. The van der Waals surface area contributed by atoms with E-state index in [9.17, 15) is 0 Å². The quantitative estimate of drug-likeness (QED) is 0.589. The molecule has 0 bridgehead atoms. The number of hydrogen-bond acceptors (Lipinski definition) is 3. The molecule has 0 atom stereocenters. The normalized spacial score (nSPS) is 10.5. The summed E-state index contributed by atoms with van der Waals surface area (Å²) in [6.07, 6.45) is 0. The topological polar surface area (TPSA) is 51.1 Å². The third kappa shape index (κ3) is 4.99. The standard InChI is InChI=1S/C20H21ClN4OS/c1-13-9-14(2)25(24-13)12-15-5-4-6-17(10-15)22-20(27)23-18-11-16(21)7-8-19(18)26-3/h4-11H,12H2,1-3H3,(H2,22,23,27). The second kappa shape index (κ2) is 8.41. The lowest BCUT2D eigenvalue weighted by Crippen LogP contribution is -2.19. The maximum atomic E-state index is 6.06. The van der Waals surface area contributed by atoms with Gasteiger partial charge in [0.15, 0.2) is 5.11 Å². The van der Waals surface area contributed by atoms with E-state index < -0.39 is 0 Å². The van der Waals surface area contributed by atoms with Gasteiger partial charge in [0.25, 0.3) is 0 Å². The first-order chi connectivity index (χ1) is 12.9. The Bertz CT molecular complexity index is 970. The Kier molecular flexibility index (Phi) is 5.98. The summed E-state index contributed by atoms with van der Waals surface area (Å²) < 4.78 is 7.32. The van der Waals surface area contributed by atoms with E-state index in [4.69, 9.17) is 28.6 Å². The summed E-state index contributed by atoms with van der Waals surface area (Å²) in [5.41, 5.74) is 4.89. The molecule has 3 aromatic rings. The molecular weight excluding hydrogens is 380 g/mol.